The number of hydrogen-bond acceptors (Lipinski definition) is 6. The van der Waals surface area contributed by atoms with Crippen molar-refractivity contribution < 1.29 is 14.3 Å². The topological polar surface area (TPSA) is 83.4 Å². The van der Waals surface area contributed by atoms with E-state index >= 15 is 0 Å². The summed E-state index contributed by atoms with van der Waals surface area (Å²) < 4.78 is 4.78. The number of fused-ring (bicyclic) bond motifs is 1. The minimum Gasteiger partial charge on any atom is -0.453 e. The number of allylic oxidation sites excluding steroid dienone is 2. The van der Waals surface area contributed by atoms with Crippen molar-refractivity contribution in [2.75, 3.05) is 26.0 Å². The number of carbonyl (C=O) groups excluding carboxylic acids is 2. The fourth-order valence-corrected chi connectivity index (χ4v) is 5.31. The molecule has 0 radical (unpaired) electrons. The van der Waals surface area contributed by atoms with Crippen LogP contribution < -0.4 is 5.32 Å². The first-order valence-corrected chi connectivity index (χ1v) is 11.5. The zero-order valence-electron chi connectivity index (χ0n) is 16.8. The van der Waals surface area contributed by atoms with Crippen molar-refractivity contribution in [2.45, 2.75) is 49.8 Å². The van der Waals surface area contributed by atoms with E-state index in [4.69, 9.17) is 14.7 Å². The molecule has 0 spiro atoms. The smallest absolute Gasteiger partial charge is 0.409 e. The maximum absolute atomic E-state index is 12.5. The second-order valence-electron chi connectivity index (χ2n) is 7.91. The molecule has 7 nitrogen and oxygen atoms in total. The van der Waals surface area contributed by atoms with Crippen molar-refractivity contribution in [1.29, 1.82) is 0 Å². The molecule has 29 heavy (non-hydrogen) atoms. The molecule has 4 rings (SSSR count). The molecule has 2 amide bonds. The second kappa shape index (κ2) is 9.15. The number of carbonyl (C=O) groups is 2. The maximum atomic E-state index is 12.5. The van der Waals surface area contributed by atoms with Gasteiger partial charge in [0.1, 0.15) is 5.84 Å². The summed E-state index contributed by atoms with van der Waals surface area (Å²) >= 11 is 1.79. The molecule has 0 aromatic rings. The van der Waals surface area contributed by atoms with Crippen LogP contribution in [0.4, 0.5) is 4.79 Å². The quantitative estimate of drug-likeness (QED) is 0.764. The Morgan fingerprint density at radius 1 is 1.31 bits per heavy atom. The van der Waals surface area contributed by atoms with E-state index in [9.17, 15) is 9.59 Å². The van der Waals surface area contributed by atoms with Crippen LogP contribution in [0.15, 0.2) is 33.9 Å². The van der Waals surface area contributed by atoms with Crippen LogP contribution in [0.25, 0.3) is 0 Å². The van der Waals surface area contributed by atoms with Gasteiger partial charge in [-0.25, -0.2) is 9.79 Å². The van der Waals surface area contributed by atoms with Gasteiger partial charge in [-0.05, 0) is 37.8 Å². The molecular weight excluding hydrogens is 388 g/mol. The van der Waals surface area contributed by atoms with E-state index in [1.807, 2.05) is 18.2 Å². The van der Waals surface area contributed by atoms with Gasteiger partial charge in [0.25, 0.3) is 0 Å². The first kappa shape index (κ1) is 20.2. The van der Waals surface area contributed by atoms with Gasteiger partial charge in [-0.3, -0.25) is 9.79 Å². The lowest BCUT2D eigenvalue weighted by atomic mass is 9.96. The van der Waals surface area contributed by atoms with Crippen LogP contribution in [0.2, 0.25) is 0 Å². The lowest BCUT2D eigenvalue weighted by Crippen LogP contribution is -2.42. The molecule has 0 aromatic carbocycles. The van der Waals surface area contributed by atoms with Crippen LogP contribution in [-0.4, -0.2) is 65.7 Å². The summed E-state index contributed by atoms with van der Waals surface area (Å²) in [5, 5.41) is 3.40. The largest absolute Gasteiger partial charge is 0.453 e. The third kappa shape index (κ3) is 4.91. The number of amidine groups is 1. The number of rotatable bonds is 4. The van der Waals surface area contributed by atoms with Gasteiger partial charge in [-0.15, -0.1) is 0 Å². The first-order valence-electron chi connectivity index (χ1n) is 10.4. The molecule has 8 heteroatoms. The normalized spacial score (nSPS) is 26.8. The van der Waals surface area contributed by atoms with Gasteiger partial charge in [-0.2, -0.15) is 11.8 Å². The Bertz CT molecular complexity index is 775. The Kier molecular flexibility index (Phi) is 6.37. The predicted octanol–water partition coefficient (Wildman–Crippen LogP) is 2.93. The number of thioether (sulfide) groups is 1. The van der Waals surface area contributed by atoms with Crippen LogP contribution in [0, 0.1) is 5.92 Å². The van der Waals surface area contributed by atoms with Gasteiger partial charge in [0.15, 0.2) is 0 Å². The van der Waals surface area contributed by atoms with Crippen LogP contribution in [0.5, 0.6) is 0 Å². The molecule has 0 bridgehead atoms. The number of aliphatic imine (C=N–C) groups is 2. The van der Waals surface area contributed by atoms with Crippen molar-refractivity contribution in [3.8, 4) is 0 Å². The van der Waals surface area contributed by atoms with Crippen molar-refractivity contribution in [3.05, 3.63) is 23.9 Å². The molecule has 1 saturated carbocycles. The van der Waals surface area contributed by atoms with Crippen molar-refractivity contribution in [1.82, 2.24) is 10.2 Å². The monoisotopic (exact) mass is 416 g/mol. The molecule has 0 aromatic heterocycles. The number of amides is 2. The molecule has 2 aliphatic carbocycles. The zero-order valence-corrected chi connectivity index (χ0v) is 17.6. The maximum Gasteiger partial charge on any atom is 0.409 e. The van der Waals surface area contributed by atoms with Crippen molar-refractivity contribution in [3.63, 3.8) is 0 Å². The lowest BCUT2D eigenvalue weighted by Gasteiger charge is -2.31. The van der Waals surface area contributed by atoms with Gasteiger partial charge in [-0.1, -0.05) is 18.9 Å². The number of likely N-dealkylation sites (tertiary alicyclic amines) is 1. The second-order valence-corrected chi connectivity index (χ2v) is 9.20. The summed E-state index contributed by atoms with van der Waals surface area (Å²) in [6, 6.07) is 0.412. The Labute approximate surface area is 175 Å². The summed E-state index contributed by atoms with van der Waals surface area (Å²) in [6.07, 6.45) is 12.3. The molecule has 1 saturated heterocycles. The van der Waals surface area contributed by atoms with E-state index in [-0.39, 0.29) is 17.9 Å². The first-order chi connectivity index (χ1) is 14.1. The Hall–Kier alpha value is -2.09. The van der Waals surface area contributed by atoms with E-state index in [2.05, 4.69) is 5.32 Å². The van der Waals surface area contributed by atoms with Gasteiger partial charge < -0.3 is 15.0 Å². The SMILES string of the molecule is COC(=O)N1CCC(SCC2=NC3=CC(=NC4CCCC4)C=CC3C(=O)N2)CC1. The lowest BCUT2D eigenvalue weighted by molar-refractivity contribution is -0.121. The molecule has 2 aliphatic heterocycles. The summed E-state index contributed by atoms with van der Waals surface area (Å²) in [7, 11) is 1.42. The van der Waals surface area contributed by atoms with Crippen LogP contribution in [0.3, 0.4) is 0 Å². The molecular formula is C21H28N4O3S. The molecule has 156 valence electrons. The van der Waals surface area contributed by atoms with E-state index in [0.29, 0.717) is 36.0 Å². The van der Waals surface area contributed by atoms with Crippen molar-refractivity contribution >= 4 is 35.3 Å². The molecule has 4 aliphatic rings. The summed E-state index contributed by atoms with van der Waals surface area (Å²) in [5.74, 6) is 1.05. The highest BCUT2D eigenvalue weighted by Gasteiger charge is 2.30. The van der Waals surface area contributed by atoms with E-state index in [0.717, 1.165) is 37.1 Å². The molecule has 1 N–H and O–H groups in total. The third-order valence-electron chi connectivity index (χ3n) is 5.87. The molecule has 2 fully saturated rings. The number of nitrogens with one attached hydrogen (secondary N) is 1. The van der Waals surface area contributed by atoms with Crippen LogP contribution in [-0.2, 0) is 9.53 Å². The number of piperidine rings is 1. The minimum atomic E-state index is -0.311. The highest BCUT2D eigenvalue weighted by atomic mass is 32.2. The molecule has 2 heterocycles. The minimum absolute atomic E-state index is 0.0153. The zero-order chi connectivity index (χ0) is 20.2. The Balaban J connectivity index is 1.35. The fourth-order valence-electron chi connectivity index (χ4n) is 4.23. The summed E-state index contributed by atoms with van der Waals surface area (Å²) in [4.78, 5) is 35.4. The van der Waals surface area contributed by atoms with E-state index in [1.54, 1.807) is 16.7 Å². The fraction of sp³-hybridized carbons (Fsp3) is 0.619. The Morgan fingerprint density at radius 2 is 2.07 bits per heavy atom. The number of nitrogens with zero attached hydrogens (tertiary/aromatic N) is 3. The Morgan fingerprint density at radius 3 is 2.79 bits per heavy atom. The standard InChI is InChI=1S/C21H28N4O3S/c1-28-21(27)25-10-8-16(9-11-25)29-13-19-23-18-12-15(22-14-4-2-3-5-14)6-7-17(18)20(26)24-19/h6-7,12,14,16-17H,2-5,8-11,13H2,1H3,(H,23,24,26). The van der Waals surface area contributed by atoms with Gasteiger partial charge >= 0.3 is 6.09 Å². The average Bonchev–Trinajstić information content (AvgIpc) is 3.25. The van der Waals surface area contributed by atoms with Gasteiger partial charge in [0.2, 0.25) is 5.91 Å². The number of methoxy groups -OCH3 is 1. The average molecular weight is 417 g/mol. The van der Waals surface area contributed by atoms with E-state index in [1.165, 1.54) is 20.0 Å². The molecule has 1 atom stereocenters. The van der Waals surface area contributed by atoms with Crippen LogP contribution in [0.1, 0.15) is 38.5 Å². The van der Waals surface area contributed by atoms with Gasteiger partial charge in [0.05, 0.1) is 36.2 Å². The van der Waals surface area contributed by atoms with Crippen molar-refractivity contribution in [2.24, 2.45) is 15.9 Å². The van der Waals surface area contributed by atoms with Crippen LogP contribution >= 0.6 is 11.8 Å². The highest BCUT2D eigenvalue weighted by molar-refractivity contribution is 8.00. The summed E-state index contributed by atoms with van der Waals surface area (Å²) in [6.45, 7) is 1.42. The summed E-state index contributed by atoms with van der Waals surface area (Å²) in [5.41, 5.74) is 1.73. The highest BCUT2D eigenvalue weighted by Crippen LogP contribution is 2.28. The predicted molar refractivity (Wildman–Crippen MR) is 115 cm³/mol. The van der Waals surface area contributed by atoms with E-state index < -0.39 is 0 Å². The number of ether oxygens (including phenoxy) is 1. The van der Waals surface area contributed by atoms with Gasteiger partial charge in [0, 0.05) is 18.3 Å². The number of hydrogen-bond donors (Lipinski definition) is 1. The molecule has 1 unspecified atom stereocenters. The third-order valence-corrected chi connectivity index (χ3v) is 7.26.